The first-order valence-corrected chi connectivity index (χ1v) is 22.5. The van der Waals surface area contributed by atoms with Gasteiger partial charge in [0.25, 0.3) is 0 Å². The number of aromatic nitrogens is 1. The first-order valence-electron chi connectivity index (χ1n) is 20.5. The smallest absolute Gasteiger partial charge is 0.180 e. The third-order valence-electron chi connectivity index (χ3n) is 13.1. The van der Waals surface area contributed by atoms with Crippen LogP contribution in [0.3, 0.4) is 0 Å². The van der Waals surface area contributed by atoms with Crippen LogP contribution < -0.4 is 25.6 Å². The highest BCUT2D eigenvalue weighted by atomic mass is 28.3. The largest absolute Gasteiger partial charge is 0.333 e. The van der Waals surface area contributed by atoms with Crippen LogP contribution in [-0.4, -0.2) is 18.7 Å². The lowest BCUT2D eigenvalue weighted by molar-refractivity contribution is 0.758. The molecule has 9 aromatic rings. The van der Waals surface area contributed by atoms with Crippen molar-refractivity contribution < 1.29 is 0 Å². The topological polar surface area (TPSA) is 8.17 Å². The summed E-state index contributed by atoms with van der Waals surface area (Å²) in [4.78, 5) is 2.64. The van der Waals surface area contributed by atoms with E-state index < -0.39 is 8.07 Å². The second-order valence-corrected chi connectivity index (χ2v) is 19.7. The molecule has 274 valence electrons. The second-order valence-electron chi connectivity index (χ2n) is 15.9. The average Bonchev–Trinajstić information content (AvgIpc) is 3.96. The summed E-state index contributed by atoms with van der Waals surface area (Å²) in [6.07, 6.45) is 5.87. The summed E-state index contributed by atoms with van der Waals surface area (Å²) in [6.45, 7) is 0. The maximum atomic E-state index is 2.64. The number of hydrogen-bond donors (Lipinski definition) is 0. The van der Waals surface area contributed by atoms with Gasteiger partial charge >= 0.3 is 0 Å². The zero-order chi connectivity index (χ0) is 38.2. The number of anilines is 2. The molecule has 3 aliphatic rings. The molecule has 58 heavy (non-hydrogen) atoms. The van der Waals surface area contributed by atoms with Gasteiger partial charge in [-0.25, -0.2) is 0 Å². The summed E-state index contributed by atoms with van der Waals surface area (Å²) in [5.74, 6) is 0.237. The van der Waals surface area contributed by atoms with Crippen molar-refractivity contribution in [1.29, 1.82) is 0 Å². The molecule has 0 spiro atoms. The molecule has 12 rings (SSSR count). The zero-order valence-electron chi connectivity index (χ0n) is 32.0. The van der Waals surface area contributed by atoms with E-state index in [-0.39, 0.29) is 12.0 Å². The van der Waals surface area contributed by atoms with Gasteiger partial charge < -0.3 is 9.47 Å². The van der Waals surface area contributed by atoms with E-state index in [2.05, 4.69) is 228 Å². The normalized spacial score (nSPS) is 16.7. The Hall–Kier alpha value is -6.94. The molecular weight excluding hydrogens is 717 g/mol. The minimum atomic E-state index is -2.96. The van der Waals surface area contributed by atoms with Crippen molar-refractivity contribution in [3.63, 3.8) is 0 Å². The number of benzene rings is 8. The summed E-state index contributed by atoms with van der Waals surface area (Å²) in [7, 11) is -2.96. The van der Waals surface area contributed by atoms with E-state index in [1.54, 1.807) is 0 Å². The average molecular weight is 757 g/mol. The molecule has 3 heteroatoms. The van der Waals surface area contributed by atoms with Crippen LogP contribution in [0.2, 0.25) is 0 Å². The van der Waals surface area contributed by atoms with Crippen molar-refractivity contribution in [1.82, 2.24) is 4.57 Å². The molecule has 0 saturated heterocycles. The lowest BCUT2D eigenvalue weighted by atomic mass is 9.82. The Morgan fingerprint density at radius 2 is 1.00 bits per heavy atom. The van der Waals surface area contributed by atoms with Crippen LogP contribution in [0.15, 0.2) is 224 Å². The van der Waals surface area contributed by atoms with Gasteiger partial charge in [0.05, 0.1) is 17.1 Å². The molecule has 0 amide bonds. The maximum Gasteiger partial charge on any atom is 0.180 e. The predicted octanol–water partition coefficient (Wildman–Crippen LogP) is 10.3. The molecule has 1 aliphatic heterocycles. The molecule has 2 aliphatic carbocycles. The minimum absolute atomic E-state index is 0.128. The zero-order valence-corrected chi connectivity index (χ0v) is 33.0. The van der Waals surface area contributed by atoms with Gasteiger partial charge in [-0.15, -0.1) is 0 Å². The van der Waals surface area contributed by atoms with Gasteiger partial charge in [0.15, 0.2) is 8.07 Å². The number of fused-ring (bicyclic) bond motifs is 9. The number of hydrogen-bond acceptors (Lipinski definition) is 1. The molecule has 2 nitrogen and oxygen atoms in total. The van der Waals surface area contributed by atoms with Crippen LogP contribution in [0, 0.1) is 0 Å². The Labute approximate surface area is 340 Å². The quantitative estimate of drug-likeness (QED) is 0.121. The van der Waals surface area contributed by atoms with Gasteiger partial charge in [-0.1, -0.05) is 176 Å². The molecule has 0 radical (unpaired) electrons. The molecule has 0 N–H and O–H groups in total. The Morgan fingerprint density at radius 3 is 1.60 bits per heavy atom. The number of rotatable bonds is 6. The fourth-order valence-corrected chi connectivity index (χ4v) is 15.9. The molecule has 2 atom stereocenters. The highest BCUT2D eigenvalue weighted by Gasteiger charge is 2.49. The third kappa shape index (κ3) is 4.71. The lowest BCUT2D eigenvalue weighted by Gasteiger charge is -2.37. The van der Waals surface area contributed by atoms with Crippen molar-refractivity contribution in [3.05, 3.63) is 241 Å². The van der Waals surface area contributed by atoms with E-state index in [1.165, 1.54) is 87.5 Å². The third-order valence-corrected chi connectivity index (χ3v) is 18.0. The fourth-order valence-electron chi connectivity index (χ4n) is 10.8. The van der Waals surface area contributed by atoms with Crippen LogP contribution in [0.5, 0.6) is 0 Å². The number of nitrogens with zero attached hydrogens (tertiary/aromatic N) is 2. The van der Waals surface area contributed by atoms with Crippen LogP contribution >= 0.6 is 0 Å². The molecule has 8 aromatic carbocycles. The van der Waals surface area contributed by atoms with E-state index in [0.717, 1.165) is 6.42 Å². The minimum Gasteiger partial charge on any atom is -0.333 e. The number of para-hydroxylation sites is 4. The van der Waals surface area contributed by atoms with E-state index in [9.17, 15) is 0 Å². The van der Waals surface area contributed by atoms with E-state index in [4.69, 9.17) is 0 Å². The van der Waals surface area contributed by atoms with E-state index in [1.807, 2.05) is 0 Å². The molecule has 0 fully saturated rings. The highest BCUT2D eigenvalue weighted by Crippen LogP contribution is 2.55. The lowest BCUT2D eigenvalue weighted by Crippen LogP contribution is -2.75. The summed E-state index contributed by atoms with van der Waals surface area (Å²) >= 11 is 0. The fraction of sp³-hybridized carbons (Fsp3) is 0.0545. The van der Waals surface area contributed by atoms with Gasteiger partial charge in [0.1, 0.15) is 0 Å². The van der Waals surface area contributed by atoms with E-state index >= 15 is 0 Å². The Kier molecular flexibility index (Phi) is 7.48. The van der Waals surface area contributed by atoms with Gasteiger partial charge in [0.2, 0.25) is 0 Å². The van der Waals surface area contributed by atoms with Crippen LogP contribution in [0.4, 0.5) is 11.4 Å². The molecule has 2 heterocycles. The van der Waals surface area contributed by atoms with Crippen molar-refractivity contribution in [3.8, 4) is 5.69 Å². The SMILES string of the molecule is C1=CC2c3ccccc3N(c3ccccc3)C2C2=C1Cc1c2cc(-n2c3ccccc3c3ccccc32)cc1[Si](c1ccccc1)(c1ccccc1)c1ccccc1. The second kappa shape index (κ2) is 13.1. The van der Waals surface area contributed by atoms with Crippen molar-refractivity contribution >= 4 is 67.6 Å². The molecule has 0 bridgehead atoms. The Bertz CT molecular complexity index is 2940. The summed E-state index contributed by atoms with van der Waals surface area (Å²) in [5.41, 5.74) is 13.4. The Balaban J connectivity index is 1.22. The monoisotopic (exact) mass is 756 g/mol. The molecule has 1 aromatic heterocycles. The summed E-state index contributed by atoms with van der Waals surface area (Å²) < 4.78 is 2.54. The van der Waals surface area contributed by atoms with Crippen LogP contribution in [0.1, 0.15) is 22.6 Å². The van der Waals surface area contributed by atoms with Gasteiger partial charge in [0, 0.05) is 33.8 Å². The first-order chi connectivity index (χ1) is 28.8. The standard InChI is InChI=1S/C55H40N2Si/c1-5-19-39(20-6-1)57-52-32-18-15-29-46(52)47-34-33-38-35-48-49(54(38)55(47)57)36-40(56-50-30-16-13-27-44(50)45-28-14-17-31-51(45)56)37-53(48)58(41-21-7-2-8-22-41,42-23-9-3-10-24-42)43-25-11-4-12-26-43/h1-34,36-37,47,55H,35H2. The molecular formula is C55H40N2Si. The highest BCUT2D eigenvalue weighted by molar-refractivity contribution is 7.20. The van der Waals surface area contributed by atoms with Gasteiger partial charge in [-0.2, -0.15) is 0 Å². The molecule has 2 unspecified atom stereocenters. The predicted molar refractivity (Wildman–Crippen MR) is 246 cm³/mol. The van der Waals surface area contributed by atoms with Crippen LogP contribution in [-0.2, 0) is 6.42 Å². The maximum absolute atomic E-state index is 2.96. The summed E-state index contributed by atoms with van der Waals surface area (Å²) in [6, 6.07) is 77.6. The van der Waals surface area contributed by atoms with Crippen molar-refractivity contribution in [2.24, 2.45) is 0 Å². The van der Waals surface area contributed by atoms with Gasteiger partial charge in [-0.3, -0.25) is 0 Å². The van der Waals surface area contributed by atoms with E-state index in [0.29, 0.717) is 0 Å². The van der Waals surface area contributed by atoms with Crippen molar-refractivity contribution in [2.75, 3.05) is 4.90 Å². The van der Waals surface area contributed by atoms with Gasteiger partial charge in [-0.05, 0) is 97.5 Å². The molecule has 0 saturated carbocycles. The van der Waals surface area contributed by atoms with Crippen LogP contribution in [0.25, 0.3) is 33.1 Å². The Morgan fingerprint density at radius 1 is 0.483 bits per heavy atom. The van der Waals surface area contributed by atoms with Crippen molar-refractivity contribution in [2.45, 2.75) is 18.4 Å². The first kappa shape index (κ1) is 33.2. The summed E-state index contributed by atoms with van der Waals surface area (Å²) in [5, 5.41) is 8.20. The number of allylic oxidation sites excluding steroid dienone is 2.